The van der Waals surface area contributed by atoms with Crippen LogP contribution in [0.1, 0.15) is 0 Å². The van der Waals surface area contributed by atoms with E-state index in [4.69, 9.17) is 0 Å². The summed E-state index contributed by atoms with van der Waals surface area (Å²) < 4.78 is 1.12. The first-order valence-corrected chi connectivity index (χ1v) is 8.46. The van der Waals surface area contributed by atoms with Crippen LogP contribution in [0.3, 0.4) is 0 Å². The van der Waals surface area contributed by atoms with Gasteiger partial charge in [0.15, 0.2) is 14.7 Å². The van der Waals surface area contributed by atoms with Crippen molar-refractivity contribution < 1.29 is 0 Å². The van der Waals surface area contributed by atoms with Crippen LogP contribution in [0, 0.1) is 0 Å². The monoisotopic (exact) mass is 341 g/mol. The molecule has 0 saturated carbocycles. The number of hydrogen-bond acceptors (Lipinski definition) is 0. The molecular weight excluding hydrogens is 328 g/mol. The van der Waals surface area contributed by atoms with Gasteiger partial charge in [-0.25, -0.2) is 0 Å². The first kappa shape index (κ1) is 13.5. The lowest BCUT2D eigenvalue weighted by atomic mass is 10.4. The Balaban J connectivity index is 2.11. The summed E-state index contributed by atoms with van der Waals surface area (Å²) in [6.45, 7) is 0. The van der Waals surface area contributed by atoms with Crippen molar-refractivity contribution in [3.05, 3.63) is 89.4 Å². The molecule has 0 saturated heterocycles. The molecule has 98 valence electrons. The fourth-order valence-corrected chi connectivity index (χ4v) is 4.44. The molecule has 0 fully saturated rings. The van der Waals surface area contributed by atoms with Crippen LogP contribution in [-0.2, 0) is 10.9 Å². The van der Waals surface area contributed by atoms with Crippen LogP contribution in [-0.4, -0.2) is 0 Å². The van der Waals surface area contributed by atoms with Crippen LogP contribution in [0.15, 0.2) is 104 Å². The van der Waals surface area contributed by atoms with Crippen molar-refractivity contribution in [1.29, 1.82) is 0 Å². The minimum absolute atomic E-state index is 0.0437. The second-order valence-electron chi connectivity index (χ2n) is 4.39. The predicted octanol–water partition coefficient (Wildman–Crippen LogP) is 5.54. The smallest absolute Gasteiger partial charge is 0.0619 e. The first-order chi connectivity index (χ1) is 9.84. The molecule has 0 aliphatic carbocycles. The van der Waals surface area contributed by atoms with Gasteiger partial charge in [0.05, 0.1) is 10.9 Å². The molecule has 2 heteroatoms. The molecular formula is C18H14BrS+. The first-order valence-electron chi connectivity index (χ1n) is 6.44. The summed E-state index contributed by atoms with van der Waals surface area (Å²) in [7, 11) is -0.0437. The Bertz CT molecular complexity index is 623. The number of benzene rings is 3. The van der Waals surface area contributed by atoms with Crippen molar-refractivity contribution in [1.82, 2.24) is 0 Å². The maximum absolute atomic E-state index is 3.51. The standard InChI is InChI=1S/C18H14BrS/c19-15-11-13-18(14-12-15)20(16-7-3-1-4-8-16)17-9-5-2-6-10-17/h1-14H/q+1. The van der Waals surface area contributed by atoms with Gasteiger partial charge in [-0.05, 0) is 48.5 Å². The van der Waals surface area contributed by atoms with Gasteiger partial charge in [-0.15, -0.1) is 0 Å². The summed E-state index contributed by atoms with van der Waals surface area (Å²) in [5, 5.41) is 0. The molecule has 0 amide bonds. The van der Waals surface area contributed by atoms with E-state index < -0.39 is 0 Å². The molecule has 0 N–H and O–H groups in total. The SMILES string of the molecule is Brc1ccc([S+](c2ccccc2)c2ccccc2)cc1. The summed E-state index contributed by atoms with van der Waals surface area (Å²) in [5.74, 6) is 0. The Morgan fingerprint density at radius 2 is 0.900 bits per heavy atom. The van der Waals surface area contributed by atoms with Crippen molar-refractivity contribution in [2.75, 3.05) is 0 Å². The van der Waals surface area contributed by atoms with Gasteiger partial charge in [0.25, 0.3) is 0 Å². The van der Waals surface area contributed by atoms with Crippen molar-refractivity contribution in [3.63, 3.8) is 0 Å². The van der Waals surface area contributed by atoms with Crippen LogP contribution in [0.4, 0.5) is 0 Å². The normalized spacial score (nSPS) is 10.7. The second kappa shape index (κ2) is 6.29. The topological polar surface area (TPSA) is 0 Å². The van der Waals surface area contributed by atoms with Gasteiger partial charge in [0.1, 0.15) is 0 Å². The molecule has 0 spiro atoms. The predicted molar refractivity (Wildman–Crippen MR) is 89.2 cm³/mol. The van der Waals surface area contributed by atoms with Crippen LogP contribution in [0.25, 0.3) is 0 Å². The summed E-state index contributed by atoms with van der Waals surface area (Å²) in [5.41, 5.74) is 0. The molecule has 0 unspecified atom stereocenters. The quantitative estimate of drug-likeness (QED) is 0.548. The fourth-order valence-electron chi connectivity index (χ4n) is 2.09. The van der Waals surface area contributed by atoms with Crippen LogP contribution >= 0.6 is 15.9 Å². The summed E-state index contributed by atoms with van der Waals surface area (Å²) >= 11 is 3.51. The van der Waals surface area contributed by atoms with E-state index in [2.05, 4.69) is 101 Å². The van der Waals surface area contributed by atoms with Crippen LogP contribution in [0.2, 0.25) is 0 Å². The van der Waals surface area contributed by atoms with E-state index in [0.29, 0.717) is 0 Å². The highest BCUT2D eigenvalue weighted by Gasteiger charge is 2.27. The third-order valence-corrected chi connectivity index (χ3v) is 5.77. The molecule has 0 aliphatic heterocycles. The molecule has 0 aliphatic rings. The van der Waals surface area contributed by atoms with Gasteiger partial charge in [0, 0.05) is 4.47 Å². The van der Waals surface area contributed by atoms with E-state index in [1.165, 1.54) is 14.7 Å². The Hall–Kier alpha value is -1.51. The highest BCUT2D eigenvalue weighted by atomic mass is 79.9. The van der Waals surface area contributed by atoms with E-state index in [1.54, 1.807) is 0 Å². The maximum atomic E-state index is 3.51. The van der Waals surface area contributed by atoms with E-state index in [-0.39, 0.29) is 10.9 Å². The maximum Gasteiger partial charge on any atom is 0.166 e. The van der Waals surface area contributed by atoms with Crippen molar-refractivity contribution >= 4 is 26.8 Å². The van der Waals surface area contributed by atoms with Gasteiger partial charge in [0.2, 0.25) is 0 Å². The third-order valence-electron chi connectivity index (χ3n) is 3.01. The lowest BCUT2D eigenvalue weighted by Gasteiger charge is -2.07. The van der Waals surface area contributed by atoms with Crippen molar-refractivity contribution in [2.45, 2.75) is 14.7 Å². The highest BCUT2D eigenvalue weighted by molar-refractivity contribution is 9.10. The van der Waals surface area contributed by atoms with Crippen molar-refractivity contribution in [2.24, 2.45) is 0 Å². The molecule has 0 aromatic heterocycles. The van der Waals surface area contributed by atoms with Gasteiger partial charge in [-0.2, -0.15) is 0 Å². The zero-order chi connectivity index (χ0) is 13.8. The molecule has 20 heavy (non-hydrogen) atoms. The zero-order valence-corrected chi connectivity index (χ0v) is 13.3. The molecule has 0 bridgehead atoms. The molecule has 3 aromatic carbocycles. The number of hydrogen-bond donors (Lipinski definition) is 0. The number of rotatable bonds is 3. The van der Waals surface area contributed by atoms with Gasteiger partial charge in [-0.3, -0.25) is 0 Å². The molecule has 0 nitrogen and oxygen atoms in total. The average Bonchev–Trinajstić information content (AvgIpc) is 2.52. The Kier molecular flexibility index (Phi) is 4.24. The number of halogens is 1. The minimum Gasteiger partial charge on any atom is -0.0619 e. The lowest BCUT2D eigenvalue weighted by Crippen LogP contribution is -2.04. The largest absolute Gasteiger partial charge is 0.166 e. The molecule has 0 heterocycles. The van der Waals surface area contributed by atoms with E-state index in [1.807, 2.05) is 0 Å². The Morgan fingerprint density at radius 3 is 1.35 bits per heavy atom. The Morgan fingerprint density at radius 1 is 0.500 bits per heavy atom. The summed E-state index contributed by atoms with van der Waals surface area (Å²) in [4.78, 5) is 4.03. The Labute approximate surface area is 131 Å². The molecule has 3 rings (SSSR count). The fraction of sp³-hybridized carbons (Fsp3) is 0. The minimum atomic E-state index is -0.0437. The molecule has 0 atom stereocenters. The highest BCUT2D eigenvalue weighted by Crippen LogP contribution is 2.31. The van der Waals surface area contributed by atoms with Gasteiger partial charge >= 0.3 is 0 Å². The summed E-state index contributed by atoms with van der Waals surface area (Å²) in [6.07, 6.45) is 0. The van der Waals surface area contributed by atoms with Gasteiger partial charge in [-0.1, -0.05) is 52.3 Å². The average molecular weight is 342 g/mol. The van der Waals surface area contributed by atoms with Crippen LogP contribution in [0.5, 0.6) is 0 Å². The van der Waals surface area contributed by atoms with E-state index in [0.717, 1.165) is 4.47 Å². The molecule has 0 radical (unpaired) electrons. The lowest BCUT2D eigenvalue weighted by molar-refractivity contribution is 1.31. The van der Waals surface area contributed by atoms with E-state index >= 15 is 0 Å². The van der Waals surface area contributed by atoms with E-state index in [9.17, 15) is 0 Å². The third kappa shape index (κ3) is 2.97. The van der Waals surface area contributed by atoms with Crippen LogP contribution < -0.4 is 0 Å². The van der Waals surface area contributed by atoms with Gasteiger partial charge < -0.3 is 0 Å². The van der Waals surface area contributed by atoms with Crippen molar-refractivity contribution in [3.8, 4) is 0 Å². The summed E-state index contributed by atoms with van der Waals surface area (Å²) in [6, 6.07) is 30.0. The molecule has 3 aromatic rings. The zero-order valence-electron chi connectivity index (χ0n) is 10.9. The second-order valence-corrected chi connectivity index (χ2v) is 7.33.